The van der Waals surface area contributed by atoms with Crippen LogP contribution < -0.4 is 10.6 Å². The van der Waals surface area contributed by atoms with E-state index in [1.807, 2.05) is 31.4 Å². The van der Waals surface area contributed by atoms with Gasteiger partial charge < -0.3 is 19.8 Å². The molecule has 7 heteroatoms. The van der Waals surface area contributed by atoms with Crippen molar-refractivity contribution in [3.63, 3.8) is 0 Å². The van der Waals surface area contributed by atoms with Gasteiger partial charge in [-0.3, -0.25) is 9.89 Å². The van der Waals surface area contributed by atoms with Gasteiger partial charge in [-0.15, -0.1) is 0 Å². The number of fused-ring (bicyclic) bond motifs is 1. The number of hydrogen-bond donors (Lipinski definition) is 2. The van der Waals surface area contributed by atoms with Crippen molar-refractivity contribution in [2.75, 3.05) is 46.4 Å². The zero-order valence-corrected chi connectivity index (χ0v) is 17.6. The van der Waals surface area contributed by atoms with Crippen LogP contribution in [-0.2, 0) is 11.2 Å². The molecule has 4 rings (SSSR count). The van der Waals surface area contributed by atoms with Crippen LogP contribution in [0, 0.1) is 0 Å². The molecule has 0 amide bonds. The number of nitrogens with one attached hydrogen (secondary N) is 2. The molecule has 2 aliphatic rings. The summed E-state index contributed by atoms with van der Waals surface area (Å²) in [5, 5.41) is 7.09. The molecule has 2 N–H and O–H groups in total. The first-order valence-electron chi connectivity index (χ1n) is 11.0. The Morgan fingerprint density at radius 1 is 1.17 bits per heavy atom. The Balaban J connectivity index is 1.30. The average Bonchev–Trinajstić information content (AvgIpc) is 3.20. The van der Waals surface area contributed by atoms with Crippen molar-refractivity contribution in [2.24, 2.45) is 4.99 Å². The lowest BCUT2D eigenvalue weighted by atomic mass is 9.80. The number of ether oxygens (including phenoxy) is 1. The molecule has 1 aliphatic carbocycles. The monoisotopic (exact) mass is 398 g/mol. The molecule has 0 spiro atoms. The van der Waals surface area contributed by atoms with Gasteiger partial charge in [0.15, 0.2) is 5.96 Å². The largest absolute Gasteiger partial charge is 0.379 e. The number of imidazole rings is 1. The Labute approximate surface area is 173 Å². The highest BCUT2D eigenvalue weighted by atomic mass is 16.5. The van der Waals surface area contributed by atoms with Gasteiger partial charge in [-0.05, 0) is 25.0 Å². The van der Waals surface area contributed by atoms with E-state index in [2.05, 4.69) is 36.1 Å². The van der Waals surface area contributed by atoms with Gasteiger partial charge >= 0.3 is 0 Å². The highest BCUT2D eigenvalue weighted by Gasteiger charge is 2.38. The molecule has 1 saturated carbocycles. The van der Waals surface area contributed by atoms with E-state index in [1.165, 1.54) is 32.1 Å². The Kier molecular flexibility index (Phi) is 6.67. The van der Waals surface area contributed by atoms with Gasteiger partial charge in [0.25, 0.3) is 0 Å². The molecule has 0 aromatic carbocycles. The van der Waals surface area contributed by atoms with Crippen LogP contribution in [0.25, 0.3) is 5.65 Å². The molecule has 2 aromatic heterocycles. The van der Waals surface area contributed by atoms with Crippen molar-refractivity contribution in [3.8, 4) is 0 Å². The van der Waals surface area contributed by atoms with Crippen LogP contribution in [0.5, 0.6) is 0 Å². The lowest BCUT2D eigenvalue weighted by Gasteiger charge is -2.48. The first-order chi connectivity index (χ1) is 14.3. The average molecular weight is 399 g/mol. The van der Waals surface area contributed by atoms with Gasteiger partial charge in [0, 0.05) is 57.6 Å². The molecule has 0 unspecified atom stereocenters. The third-order valence-electron chi connectivity index (χ3n) is 6.36. The smallest absolute Gasteiger partial charge is 0.191 e. The first kappa shape index (κ1) is 20.2. The minimum absolute atomic E-state index is 0.237. The van der Waals surface area contributed by atoms with Crippen molar-refractivity contribution in [1.82, 2.24) is 24.9 Å². The Morgan fingerprint density at radius 3 is 2.76 bits per heavy atom. The first-order valence-corrected chi connectivity index (χ1v) is 11.0. The summed E-state index contributed by atoms with van der Waals surface area (Å²) in [6.45, 7) is 5.56. The molecule has 29 heavy (non-hydrogen) atoms. The van der Waals surface area contributed by atoms with Crippen LogP contribution in [0.15, 0.2) is 35.6 Å². The van der Waals surface area contributed by atoms with Gasteiger partial charge in [-0.1, -0.05) is 25.3 Å². The topological polar surface area (TPSA) is 66.2 Å². The predicted molar refractivity (Wildman–Crippen MR) is 116 cm³/mol. The van der Waals surface area contributed by atoms with Crippen LogP contribution in [0.1, 0.15) is 37.8 Å². The molecule has 3 heterocycles. The minimum Gasteiger partial charge on any atom is -0.379 e. The molecule has 158 valence electrons. The molecule has 0 bridgehead atoms. The summed E-state index contributed by atoms with van der Waals surface area (Å²) in [7, 11) is 1.85. The summed E-state index contributed by atoms with van der Waals surface area (Å²) in [6, 6.07) is 6.08. The van der Waals surface area contributed by atoms with Gasteiger partial charge in [-0.2, -0.15) is 0 Å². The summed E-state index contributed by atoms with van der Waals surface area (Å²) in [4.78, 5) is 11.8. The van der Waals surface area contributed by atoms with E-state index in [0.29, 0.717) is 0 Å². The summed E-state index contributed by atoms with van der Waals surface area (Å²) in [5.74, 6) is 0.881. The molecule has 7 nitrogen and oxygen atoms in total. The van der Waals surface area contributed by atoms with Gasteiger partial charge in [0.1, 0.15) is 5.65 Å². The maximum Gasteiger partial charge on any atom is 0.191 e. The standard InChI is InChI=1S/C22H34N6O/c1-23-21(24-11-8-19-17-27-12-6-3-7-20(27)26-19)25-18-22(9-4-2-5-10-22)28-13-15-29-16-14-28/h3,6-7,12,17H,2,4-5,8-11,13-16,18H2,1H3,(H2,23,24,25). The highest BCUT2D eigenvalue weighted by Crippen LogP contribution is 2.33. The second-order valence-electron chi connectivity index (χ2n) is 8.19. The van der Waals surface area contributed by atoms with E-state index in [1.54, 1.807) is 0 Å². The van der Waals surface area contributed by atoms with Crippen LogP contribution in [-0.4, -0.2) is 72.2 Å². The number of morpholine rings is 1. The number of guanidine groups is 1. The van der Waals surface area contributed by atoms with Crippen molar-refractivity contribution in [2.45, 2.75) is 44.1 Å². The van der Waals surface area contributed by atoms with E-state index in [9.17, 15) is 0 Å². The van der Waals surface area contributed by atoms with Crippen molar-refractivity contribution in [3.05, 3.63) is 36.3 Å². The fraction of sp³-hybridized carbons (Fsp3) is 0.636. The molecule has 2 fully saturated rings. The minimum atomic E-state index is 0.237. The zero-order chi connectivity index (χ0) is 19.9. The second kappa shape index (κ2) is 9.59. The molecule has 1 saturated heterocycles. The highest BCUT2D eigenvalue weighted by molar-refractivity contribution is 5.79. The third-order valence-corrected chi connectivity index (χ3v) is 6.36. The summed E-state index contributed by atoms with van der Waals surface area (Å²) in [6.07, 6.45) is 11.5. The van der Waals surface area contributed by atoms with E-state index in [4.69, 9.17) is 4.74 Å². The molecule has 2 aromatic rings. The fourth-order valence-corrected chi connectivity index (χ4v) is 4.74. The number of pyridine rings is 1. The van der Waals surface area contributed by atoms with E-state index < -0.39 is 0 Å². The normalized spacial score (nSPS) is 20.7. The van der Waals surface area contributed by atoms with Gasteiger partial charge in [0.2, 0.25) is 0 Å². The Morgan fingerprint density at radius 2 is 2.00 bits per heavy atom. The summed E-state index contributed by atoms with van der Waals surface area (Å²) >= 11 is 0. The number of hydrogen-bond acceptors (Lipinski definition) is 4. The molecular formula is C22H34N6O. The molecular weight excluding hydrogens is 364 g/mol. The number of aromatic nitrogens is 2. The summed E-state index contributed by atoms with van der Waals surface area (Å²) < 4.78 is 7.66. The lowest BCUT2D eigenvalue weighted by molar-refractivity contribution is -0.0352. The number of aliphatic imine (C=N–C) groups is 1. The van der Waals surface area contributed by atoms with Gasteiger partial charge in [0.05, 0.1) is 18.9 Å². The zero-order valence-electron chi connectivity index (χ0n) is 17.6. The quantitative estimate of drug-likeness (QED) is 0.576. The van der Waals surface area contributed by atoms with E-state index >= 15 is 0 Å². The molecule has 0 atom stereocenters. The van der Waals surface area contributed by atoms with E-state index in [0.717, 1.165) is 63.1 Å². The molecule has 0 radical (unpaired) electrons. The van der Waals surface area contributed by atoms with Crippen LogP contribution in [0.4, 0.5) is 0 Å². The van der Waals surface area contributed by atoms with E-state index in [-0.39, 0.29) is 5.54 Å². The van der Waals surface area contributed by atoms with Crippen LogP contribution >= 0.6 is 0 Å². The second-order valence-corrected chi connectivity index (χ2v) is 8.19. The third kappa shape index (κ3) is 4.90. The predicted octanol–water partition coefficient (Wildman–Crippen LogP) is 2.08. The Bertz CT molecular complexity index is 771. The van der Waals surface area contributed by atoms with Crippen LogP contribution in [0.3, 0.4) is 0 Å². The van der Waals surface area contributed by atoms with Crippen molar-refractivity contribution >= 4 is 11.6 Å². The summed E-state index contributed by atoms with van der Waals surface area (Å²) in [5.41, 5.74) is 2.33. The Hall–Kier alpha value is -2.12. The SMILES string of the molecule is CN=C(NCCc1cn2ccccc2n1)NCC1(N2CCOCC2)CCCCC1. The van der Waals surface area contributed by atoms with Crippen molar-refractivity contribution < 1.29 is 4.74 Å². The number of nitrogens with zero attached hydrogens (tertiary/aromatic N) is 4. The van der Waals surface area contributed by atoms with Gasteiger partial charge in [-0.25, -0.2) is 4.98 Å². The number of rotatable bonds is 6. The van der Waals surface area contributed by atoms with Crippen molar-refractivity contribution in [1.29, 1.82) is 0 Å². The van der Waals surface area contributed by atoms with Crippen LogP contribution in [0.2, 0.25) is 0 Å². The maximum absolute atomic E-state index is 5.59. The lowest BCUT2D eigenvalue weighted by Crippen LogP contribution is -2.60. The molecule has 1 aliphatic heterocycles. The fourth-order valence-electron chi connectivity index (χ4n) is 4.74. The maximum atomic E-state index is 5.59.